The summed E-state index contributed by atoms with van der Waals surface area (Å²) in [6.45, 7) is 2.12. The van der Waals surface area contributed by atoms with Crippen molar-refractivity contribution < 1.29 is 4.79 Å². The molecule has 16 heavy (non-hydrogen) atoms. The van der Waals surface area contributed by atoms with Crippen LogP contribution in [0.4, 0.5) is 0 Å². The molecule has 2 rings (SSSR count). The maximum absolute atomic E-state index is 11.0. The van der Waals surface area contributed by atoms with Gasteiger partial charge in [0.05, 0.1) is 9.08 Å². The summed E-state index contributed by atoms with van der Waals surface area (Å²) >= 11 is 4.16. The van der Waals surface area contributed by atoms with Gasteiger partial charge < -0.3 is 10.6 Å². The minimum Gasteiger partial charge on any atom is -0.365 e. The first-order chi connectivity index (χ1) is 7.63. The molecule has 0 saturated carbocycles. The van der Waals surface area contributed by atoms with Crippen LogP contribution in [0.5, 0.6) is 0 Å². The first-order valence-electron chi connectivity index (χ1n) is 5.36. The fraction of sp³-hybridized carbons (Fsp3) is 0.545. The maximum atomic E-state index is 11.0. The molecule has 2 N–H and O–H groups in total. The van der Waals surface area contributed by atoms with Crippen LogP contribution >= 0.6 is 34.4 Å². The number of allylic oxidation sites excluding steroid dienone is 2. The Bertz CT molecular complexity index is 354. The number of hydrogen-bond acceptors (Lipinski definition) is 3. The highest BCUT2D eigenvalue weighted by Crippen LogP contribution is 2.24. The second-order valence-electron chi connectivity index (χ2n) is 4.08. The number of thioether (sulfide) groups is 1. The second kappa shape index (κ2) is 5.44. The third-order valence-corrected chi connectivity index (χ3v) is 4.36. The first kappa shape index (κ1) is 12.3. The van der Waals surface area contributed by atoms with Crippen molar-refractivity contribution >= 4 is 40.3 Å². The molecule has 3 nitrogen and oxygen atoms in total. The van der Waals surface area contributed by atoms with Gasteiger partial charge in [0.25, 0.3) is 0 Å². The van der Waals surface area contributed by atoms with Gasteiger partial charge in [-0.05, 0) is 31.1 Å². The van der Waals surface area contributed by atoms with Gasteiger partial charge in [0.15, 0.2) is 0 Å². The lowest BCUT2D eigenvalue weighted by Crippen LogP contribution is -2.29. The fourth-order valence-electron chi connectivity index (χ4n) is 1.78. The van der Waals surface area contributed by atoms with Gasteiger partial charge in [0, 0.05) is 18.2 Å². The Morgan fingerprint density at radius 2 is 2.38 bits per heavy atom. The number of rotatable bonds is 3. The van der Waals surface area contributed by atoms with E-state index in [9.17, 15) is 4.79 Å². The number of nitrogens with one attached hydrogen (secondary N) is 2. The van der Waals surface area contributed by atoms with E-state index in [2.05, 4.69) is 52.3 Å². The van der Waals surface area contributed by atoms with Crippen LogP contribution in [0.1, 0.15) is 19.8 Å². The normalized spacial score (nSPS) is 29.2. The summed E-state index contributed by atoms with van der Waals surface area (Å²) in [4.78, 5) is 11.0. The first-order valence-corrected chi connectivity index (χ1v) is 7.59. The van der Waals surface area contributed by atoms with E-state index in [1.807, 2.05) is 0 Å². The molecule has 0 aliphatic carbocycles. The zero-order chi connectivity index (χ0) is 11.5. The number of carbonyl (C=O) groups is 1. The fourth-order valence-corrected chi connectivity index (χ4v) is 4.01. The zero-order valence-corrected chi connectivity index (χ0v) is 12.1. The van der Waals surface area contributed by atoms with Crippen LogP contribution in [0.15, 0.2) is 22.8 Å². The molecule has 1 saturated heterocycles. The highest BCUT2D eigenvalue weighted by molar-refractivity contribution is 14.1. The summed E-state index contributed by atoms with van der Waals surface area (Å²) in [6, 6.07) is 0.346. The number of alkyl halides is 1. The Labute approximate surface area is 114 Å². The molecule has 1 fully saturated rings. The molecule has 88 valence electrons. The highest BCUT2D eigenvalue weighted by Gasteiger charge is 2.21. The number of dihydropyridines is 1. The van der Waals surface area contributed by atoms with Gasteiger partial charge in [0.2, 0.25) is 5.91 Å². The molecule has 5 heteroatoms. The van der Waals surface area contributed by atoms with E-state index < -0.39 is 0 Å². The second-order valence-corrected chi connectivity index (χ2v) is 6.48. The number of carbonyl (C=O) groups excluding carboxylic acids is 1. The molecule has 2 atom stereocenters. The van der Waals surface area contributed by atoms with Crippen LogP contribution in [0.3, 0.4) is 0 Å². The number of amides is 1. The van der Waals surface area contributed by atoms with Crippen molar-refractivity contribution in [2.75, 3.05) is 5.75 Å². The molecule has 0 spiro atoms. The molecular formula is C11H15IN2OS. The van der Waals surface area contributed by atoms with E-state index >= 15 is 0 Å². The topological polar surface area (TPSA) is 41.1 Å². The molecule has 0 radical (unpaired) electrons. The molecule has 0 aromatic carbocycles. The number of hydrogen-bond donors (Lipinski definition) is 2. The van der Waals surface area contributed by atoms with Crippen LogP contribution in [-0.4, -0.2) is 21.8 Å². The summed E-state index contributed by atoms with van der Waals surface area (Å²) in [5.74, 6) is 1.15. The van der Waals surface area contributed by atoms with Gasteiger partial charge in [-0.25, -0.2) is 0 Å². The third-order valence-electron chi connectivity index (χ3n) is 2.57. The average Bonchev–Trinajstić information content (AvgIpc) is 2.60. The van der Waals surface area contributed by atoms with Gasteiger partial charge >= 0.3 is 0 Å². The van der Waals surface area contributed by atoms with Crippen molar-refractivity contribution in [3.05, 3.63) is 22.8 Å². The molecule has 2 aliphatic heterocycles. The number of halogens is 1. The predicted molar refractivity (Wildman–Crippen MR) is 76.4 cm³/mol. The van der Waals surface area contributed by atoms with E-state index in [4.69, 9.17) is 0 Å². The van der Waals surface area contributed by atoms with Crippen molar-refractivity contribution in [1.82, 2.24) is 10.6 Å². The van der Waals surface area contributed by atoms with Crippen molar-refractivity contribution in [2.24, 2.45) is 0 Å². The molecular weight excluding hydrogens is 335 g/mol. The largest absolute Gasteiger partial charge is 0.365 e. The van der Waals surface area contributed by atoms with Gasteiger partial charge in [-0.15, -0.1) is 11.8 Å². The Morgan fingerprint density at radius 1 is 1.56 bits per heavy atom. The van der Waals surface area contributed by atoms with Crippen LogP contribution < -0.4 is 10.6 Å². The van der Waals surface area contributed by atoms with Crippen molar-refractivity contribution in [3.8, 4) is 0 Å². The molecule has 0 aromatic rings. The van der Waals surface area contributed by atoms with E-state index in [0.717, 1.165) is 12.2 Å². The van der Waals surface area contributed by atoms with Gasteiger partial charge in [-0.2, -0.15) is 0 Å². The summed E-state index contributed by atoms with van der Waals surface area (Å²) in [6.07, 6.45) is 6.02. The predicted octanol–water partition coefficient (Wildman–Crippen LogP) is 2.15. The molecule has 2 heterocycles. The molecule has 2 aliphatic rings. The summed E-state index contributed by atoms with van der Waals surface area (Å²) in [5, 5.41) is 7.60. The smallest absolute Gasteiger partial charge is 0.220 e. The van der Waals surface area contributed by atoms with Crippen molar-refractivity contribution in [3.63, 3.8) is 0 Å². The third kappa shape index (κ3) is 3.41. The highest BCUT2D eigenvalue weighted by atomic mass is 127. The lowest BCUT2D eigenvalue weighted by atomic mass is 10.2. The zero-order valence-electron chi connectivity index (χ0n) is 9.13. The van der Waals surface area contributed by atoms with Crippen molar-refractivity contribution in [1.29, 1.82) is 0 Å². The summed E-state index contributed by atoms with van der Waals surface area (Å²) in [7, 11) is 0. The van der Waals surface area contributed by atoms with E-state index in [1.165, 1.54) is 10.6 Å². The van der Waals surface area contributed by atoms with Crippen LogP contribution in [0.2, 0.25) is 0 Å². The van der Waals surface area contributed by atoms with Gasteiger partial charge in [0.1, 0.15) is 0 Å². The molecule has 0 bridgehead atoms. The Hall–Kier alpha value is -0.170. The lowest BCUT2D eigenvalue weighted by molar-refractivity contribution is -0.119. The van der Waals surface area contributed by atoms with Gasteiger partial charge in [-0.1, -0.05) is 22.6 Å². The van der Waals surface area contributed by atoms with Crippen LogP contribution in [0, 0.1) is 0 Å². The Kier molecular flexibility index (Phi) is 4.18. The average molecular weight is 350 g/mol. The van der Waals surface area contributed by atoms with Crippen LogP contribution in [-0.2, 0) is 4.79 Å². The van der Waals surface area contributed by atoms with Gasteiger partial charge in [-0.3, -0.25) is 4.79 Å². The maximum Gasteiger partial charge on any atom is 0.220 e. The van der Waals surface area contributed by atoms with E-state index in [-0.39, 0.29) is 5.91 Å². The van der Waals surface area contributed by atoms with E-state index in [0.29, 0.717) is 16.5 Å². The quantitative estimate of drug-likeness (QED) is 0.466. The Morgan fingerprint density at radius 3 is 3.00 bits per heavy atom. The Balaban J connectivity index is 1.82. The molecule has 0 aromatic heterocycles. The molecule has 2 unspecified atom stereocenters. The molecule has 1 amide bonds. The SMILES string of the molecule is CC1=CC(I)NC(SCC2CCC(=O)N2)=C1. The lowest BCUT2D eigenvalue weighted by Gasteiger charge is -2.20. The minimum absolute atomic E-state index is 0.194. The monoisotopic (exact) mass is 350 g/mol. The van der Waals surface area contributed by atoms with Crippen LogP contribution in [0.25, 0.3) is 0 Å². The van der Waals surface area contributed by atoms with Crippen molar-refractivity contribution in [2.45, 2.75) is 29.9 Å². The van der Waals surface area contributed by atoms with E-state index in [1.54, 1.807) is 11.8 Å². The summed E-state index contributed by atoms with van der Waals surface area (Å²) < 4.78 is 0.378. The minimum atomic E-state index is 0.194. The standard InChI is InChI=1S/C11H15IN2OS/c1-7-4-9(12)14-11(5-7)16-6-8-2-3-10(15)13-8/h4-5,8-9,14H,2-3,6H2,1H3,(H,13,15). The summed E-state index contributed by atoms with van der Waals surface area (Å²) in [5.41, 5.74) is 1.30.